The Morgan fingerprint density at radius 3 is 2.34 bits per heavy atom. The second kappa shape index (κ2) is 12.0. The first-order valence-corrected chi connectivity index (χ1v) is 14.6. The van der Waals surface area contributed by atoms with E-state index in [2.05, 4.69) is 21.2 Å². The number of hydrogen-bond acceptors (Lipinski definition) is 4. The Morgan fingerprint density at radius 2 is 1.74 bits per heavy atom. The van der Waals surface area contributed by atoms with Crippen LogP contribution in [0.25, 0.3) is 0 Å². The van der Waals surface area contributed by atoms with Gasteiger partial charge in [-0.2, -0.15) is 0 Å². The van der Waals surface area contributed by atoms with Gasteiger partial charge in [-0.05, 0) is 50.5 Å². The molecule has 0 spiro atoms. The number of hydrogen-bond donors (Lipinski definition) is 1. The average Bonchev–Trinajstić information content (AvgIpc) is 2.81. The fourth-order valence-electron chi connectivity index (χ4n) is 4.29. The largest absolute Gasteiger partial charge is 0.352 e. The van der Waals surface area contributed by atoms with Crippen molar-refractivity contribution in [2.45, 2.75) is 64.6 Å². The molecule has 3 rings (SSSR count). The second-order valence-corrected chi connectivity index (χ2v) is 12.1. The highest BCUT2D eigenvalue weighted by Crippen LogP contribution is 2.23. The number of nitrogens with zero attached hydrogens (tertiary/aromatic N) is 2. The second-order valence-electron chi connectivity index (χ2n) is 9.28. The van der Waals surface area contributed by atoms with Crippen molar-refractivity contribution in [3.8, 4) is 0 Å². The first-order chi connectivity index (χ1) is 16.5. The van der Waals surface area contributed by atoms with E-state index in [1.807, 2.05) is 31.2 Å². The lowest BCUT2D eigenvalue weighted by Gasteiger charge is -2.33. The van der Waals surface area contributed by atoms with Crippen LogP contribution in [0.1, 0.15) is 50.2 Å². The van der Waals surface area contributed by atoms with E-state index in [1.54, 1.807) is 31.2 Å². The van der Waals surface area contributed by atoms with Crippen molar-refractivity contribution < 1.29 is 18.0 Å². The van der Waals surface area contributed by atoms with Crippen molar-refractivity contribution >= 4 is 43.5 Å². The first kappa shape index (κ1) is 27.2. The first-order valence-electron chi connectivity index (χ1n) is 11.9. The molecule has 0 aromatic heterocycles. The van der Waals surface area contributed by atoms with Crippen LogP contribution in [-0.4, -0.2) is 50.0 Å². The Bertz CT molecular complexity index is 1130. The molecule has 2 aromatic rings. The predicted molar refractivity (Wildman–Crippen MR) is 143 cm³/mol. The van der Waals surface area contributed by atoms with Crippen LogP contribution in [0.4, 0.5) is 5.69 Å². The van der Waals surface area contributed by atoms with Gasteiger partial charge in [0, 0.05) is 17.1 Å². The van der Waals surface area contributed by atoms with Crippen LogP contribution in [0.2, 0.25) is 0 Å². The van der Waals surface area contributed by atoms with Gasteiger partial charge in [-0.3, -0.25) is 13.9 Å². The summed E-state index contributed by atoms with van der Waals surface area (Å²) < 4.78 is 27.0. The zero-order chi connectivity index (χ0) is 25.6. The van der Waals surface area contributed by atoms with Crippen LogP contribution in [0.3, 0.4) is 0 Å². The fourth-order valence-corrected chi connectivity index (χ4v) is 5.52. The number of carbonyl (C=O) groups excluding carboxylic acids is 2. The maximum absolute atomic E-state index is 13.6. The van der Waals surface area contributed by atoms with E-state index in [1.165, 1.54) is 11.3 Å². The van der Waals surface area contributed by atoms with Crippen LogP contribution < -0.4 is 9.62 Å². The number of sulfonamides is 1. The van der Waals surface area contributed by atoms with Gasteiger partial charge in [0.25, 0.3) is 0 Å². The molecule has 2 amide bonds. The van der Waals surface area contributed by atoms with E-state index in [9.17, 15) is 18.0 Å². The lowest BCUT2D eigenvalue weighted by molar-refractivity contribution is -0.139. The van der Waals surface area contributed by atoms with Gasteiger partial charge in [-0.25, -0.2) is 8.42 Å². The van der Waals surface area contributed by atoms with Crippen LogP contribution in [-0.2, 0) is 26.2 Å². The van der Waals surface area contributed by atoms with Crippen molar-refractivity contribution in [2.75, 3.05) is 17.1 Å². The number of nitrogens with one attached hydrogen (secondary N) is 1. The van der Waals surface area contributed by atoms with Crippen molar-refractivity contribution in [3.63, 3.8) is 0 Å². The Kier molecular flexibility index (Phi) is 9.35. The number of anilines is 1. The molecule has 0 heterocycles. The van der Waals surface area contributed by atoms with Crippen molar-refractivity contribution in [1.82, 2.24) is 10.2 Å². The molecule has 0 aliphatic heterocycles. The summed E-state index contributed by atoms with van der Waals surface area (Å²) in [7, 11) is -3.75. The summed E-state index contributed by atoms with van der Waals surface area (Å²) in [6, 6.07) is 13.9. The van der Waals surface area contributed by atoms with Gasteiger partial charge in [0.15, 0.2) is 0 Å². The molecule has 9 heteroatoms. The smallest absolute Gasteiger partial charge is 0.244 e. The number of rotatable bonds is 9. The minimum Gasteiger partial charge on any atom is -0.352 e. The standard InChI is InChI=1S/C26H34BrN3O4S/c1-19-12-14-21(15-13-19)17-29(20(2)26(32)28-23-9-5-4-6-10-23)25(31)18-30(35(3,33)34)24-11-7-8-22(27)16-24/h7-8,11-16,20,23H,4-6,9-10,17-18H2,1-3H3,(H,28,32)/t20-/m1/s1. The van der Waals surface area contributed by atoms with E-state index in [-0.39, 0.29) is 18.5 Å². The summed E-state index contributed by atoms with van der Waals surface area (Å²) >= 11 is 3.36. The number of amides is 2. The number of carbonyl (C=O) groups is 2. The quantitative estimate of drug-likeness (QED) is 0.490. The van der Waals surface area contributed by atoms with E-state index < -0.39 is 28.5 Å². The molecule has 1 saturated carbocycles. The summed E-state index contributed by atoms with van der Waals surface area (Å²) in [5.41, 5.74) is 2.34. The molecule has 0 saturated heterocycles. The van der Waals surface area contributed by atoms with Crippen LogP contribution in [0, 0.1) is 6.92 Å². The third-order valence-corrected chi connectivity index (χ3v) is 8.00. The zero-order valence-electron chi connectivity index (χ0n) is 20.5. The third-order valence-electron chi connectivity index (χ3n) is 6.37. The van der Waals surface area contributed by atoms with Crippen LogP contribution >= 0.6 is 15.9 Å². The molecule has 1 fully saturated rings. The van der Waals surface area contributed by atoms with Crippen molar-refractivity contribution in [3.05, 3.63) is 64.1 Å². The molecule has 190 valence electrons. The monoisotopic (exact) mass is 563 g/mol. The molecule has 1 atom stereocenters. The van der Waals surface area contributed by atoms with Gasteiger partial charge in [-0.15, -0.1) is 0 Å². The van der Waals surface area contributed by atoms with Gasteiger partial charge < -0.3 is 10.2 Å². The van der Waals surface area contributed by atoms with Crippen molar-refractivity contribution in [1.29, 1.82) is 0 Å². The summed E-state index contributed by atoms with van der Waals surface area (Å²) in [5, 5.41) is 3.10. The lowest BCUT2D eigenvalue weighted by atomic mass is 9.95. The molecule has 1 aliphatic carbocycles. The highest BCUT2D eigenvalue weighted by molar-refractivity contribution is 9.10. The third kappa shape index (κ3) is 7.80. The van der Waals surface area contributed by atoms with Gasteiger partial charge >= 0.3 is 0 Å². The molecule has 1 N–H and O–H groups in total. The number of aryl methyl sites for hydroxylation is 1. The maximum atomic E-state index is 13.6. The van der Waals surface area contributed by atoms with E-state index in [4.69, 9.17) is 0 Å². The summed E-state index contributed by atoms with van der Waals surface area (Å²) in [4.78, 5) is 28.2. The van der Waals surface area contributed by atoms with Crippen LogP contribution in [0.5, 0.6) is 0 Å². The van der Waals surface area contributed by atoms with Crippen LogP contribution in [0.15, 0.2) is 53.0 Å². The molecule has 7 nitrogen and oxygen atoms in total. The van der Waals surface area contributed by atoms with E-state index in [0.29, 0.717) is 10.2 Å². The SMILES string of the molecule is Cc1ccc(CN(C(=O)CN(c2cccc(Br)c2)S(C)(=O)=O)[C@H](C)C(=O)NC2CCCCC2)cc1. The fraction of sp³-hybridized carbons (Fsp3) is 0.462. The summed E-state index contributed by atoms with van der Waals surface area (Å²) in [6.07, 6.45) is 6.30. The van der Waals surface area contributed by atoms with Gasteiger partial charge in [0.05, 0.1) is 11.9 Å². The van der Waals surface area contributed by atoms with E-state index in [0.717, 1.165) is 47.4 Å². The van der Waals surface area contributed by atoms with E-state index >= 15 is 0 Å². The van der Waals surface area contributed by atoms with Crippen molar-refractivity contribution in [2.24, 2.45) is 0 Å². The highest BCUT2D eigenvalue weighted by Gasteiger charge is 2.31. The molecular weight excluding hydrogens is 530 g/mol. The maximum Gasteiger partial charge on any atom is 0.244 e. The number of halogens is 1. The normalized spacial score (nSPS) is 15.3. The number of benzene rings is 2. The highest BCUT2D eigenvalue weighted by atomic mass is 79.9. The topological polar surface area (TPSA) is 86.8 Å². The Labute approximate surface area is 217 Å². The molecule has 35 heavy (non-hydrogen) atoms. The molecule has 0 bridgehead atoms. The van der Waals surface area contributed by atoms with Gasteiger partial charge in [-0.1, -0.05) is 71.1 Å². The predicted octanol–water partition coefficient (Wildman–Crippen LogP) is 4.39. The zero-order valence-corrected chi connectivity index (χ0v) is 22.9. The van der Waals surface area contributed by atoms with Gasteiger partial charge in [0.2, 0.25) is 21.8 Å². The molecule has 0 radical (unpaired) electrons. The minimum absolute atomic E-state index is 0.115. The molecule has 1 aliphatic rings. The Morgan fingerprint density at radius 1 is 1.09 bits per heavy atom. The molecule has 0 unspecified atom stereocenters. The minimum atomic E-state index is -3.75. The molecule has 2 aromatic carbocycles. The Balaban J connectivity index is 1.86. The molecular formula is C26H34BrN3O4S. The summed E-state index contributed by atoms with van der Waals surface area (Å²) in [6.45, 7) is 3.49. The van der Waals surface area contributed by atoms with Gasteiger partial charge in [0.1, 0.15) is 12.6 Å². The Hall–Kier alpha value is -2.39. The summed E-state index contributed by atoms with van der Waals surface area (Å²) in [5.74, 6) is -0.659. The lowest BCUT2D eigenvalue weighted by Crippen LogP contribution is -2.52. The average molecular weight is 565 g/mol.